The molecule has 2 rings (SSSR count). The Kier molecular flexibility index (Phi) is 6.30. The summed E-state index contributed by atoms with van der Waals surface area (Å²) in [7, 11) is 0. The van der Waals surface area contributed by atoms with Gasteiger partial charge in [0.15, 0.2) is 0 Å². The van der Waals surface area contributed by atoms with Gasteiger partial charge in [0.25, 0.3) is 5.91 Å². The fourth-order valence-electron chi connectivity index (χ4n) is 3.21. The van der Waals surface area contributed by atoms with Crippen molar-refractivity contribution in [1.82, 2.24) is 10.2 Å². The number of carbonyl (C=O) groups excluding carboxylic acids is 1. The molecule has 118 valence electrons. The van der Waals surface area contributed by atoms with E-state index in [0.717, 1.165) is 31.8 Å². The van der Waals surface area contributed by atoms with Crippen LogP contribution in [0, 0.1) is 5.92 Å². The molecule has 1 saturated carbocycles. The molecular formula is C17H28N2O2. The predicted molar refractivity (Wildman–Crippen MR) is 84.3 cm³/mol. The molecule has 0 radical (unpaired) electrons. The Bertz CT molecular complexity index is 412. The van der Waals surface area contributed by atoms with E-state index in [4.69, 9.17) is 4.42 Å². The Morgan fingerprint density at radius 1 is 1.29 bits per heavy atom. The highest BCUT2D eigenvalue weighted by Gasteiger charge is 2.22. The van der Waals surface area contributed by atoms with Crippen molar-refractivity contribution in [3.05, 3.63) is 24.2 Å². The van der Waals surface area contributed by atoms with E-state index >= 15 is 0 Å². The van der Waals surface area contributed by atoms with Gasteiger partial charge in [-0.1, -0.05) is 20.3 Å². The van der Waals surface area contributed by atoms with Gasteiger partial charge >= 0.3 is 0 Å². The molecule has 0 aliphatic heterocycles. The monoisotopic (exact) mass is 292 g/mol. The molecule has 1 aromatic rings. The van der Waals surface area contributed by atoms with Crippen LogP contribution in [0.5, 0.6) is 0 Å². The van der Waals surface area contributed by atoms with E-state index in [9.17, 15) is 4.79 Å². The van der Waals surface area contributed by atoms with Gasteiger partial charge in [-0.3, -0.25) is 4.79 Å². The predicted octanol–water partition coefficient (Wildman–Crippen LogP) is 3.30. The van der Waals surface area contributed by atoms with Crippen molar-refractivity contribution >= 4 is 5.91 Å². The zero-order valence-electron chi connectivity index (χ0n) is 13.3. The fraction of sp³-hybridized carbons (Fsp3) is 0.706. The molecule has 4 nitrogen and oxygen atoms in total. The van der Waals surface area contributed by atoms with Crippen LogP contribution in [-0.2, 0) is 0 Å². The molecule has 0 spiro atoms. The molecule has 1 aliphatic rings. The van der Waals surface area contributed by atoms with Crippen LogP contribution in [0.1, 0.15) is 56.3 Å². The number of nitrogens with zero attached hydrogens (tertiary/aromatic N) is 1. The maximum Gasteiger partial charge on any atom is 0.254 e. The van der Waals surface area contributed by atoms with Crippen LogP contribution in [-0.4, -0.2) is 36.5 Å². The normalized spacial score (nSPS) is 23.0. The van der Waals surface area contributed by atoms with Crippen LogP contribution in [0.15, 0.2) is 23.0 Å². The maximum atomic E-state index is 12.1. The van der Waals surface area contributed by atoms with Crippen molar-refractivity contribution < 1.29 is 9.21 Å². The molecule has 2 unspecified atom stereocenters. The third-order valence-electron chi connectivity index (χ3n) is 4.62. The van der Waals surface area contributed by atoms with Gasteiger partial charge in [-0.2, -0.15) is 0 Å². The Balaban J connectivity index is 1.79. The molecule has 1 heterocycles. The molecule has 2 atom stereocenters. The molecule has 1 aromatic heterocycles. The highest BCUT2D eigenvalue weighted by molar-refractivity contribution is 5.93. The average molecular weight is 292 g/mol. The first-order chi connectivity index (χ1) is 10.2. The molecule has 1 fully saturated rings. The number of furan rings is 1. The van der Waals surface area contributed by atoms with E-state index in [-0.39, 0.29) is 5.91 Å². The summed E-state index contributed by atoms with van der Waals surface area (Å²) >= 11 is 0. The van der Waals surface area contributed by atoms with Gasteiger partial charge < -0.3 is 14.6 Å². The van der Waals surface area contributed by atoms with Gasteiger partial charge in [-0.25, -0.2) is 0 Å². The van der Waals surface area contributed by atoms with Crippen molar-refractivity contribution in [3.8, 4) is 0 Å². The van der Waals surface area contributed by atoms with E-state index in [1.54, 1.807) is 12.3 Å². The van der Waals surface area contributed by atoms with Crippen LogP contribution in [0.2, 0.25) is 0 Å². The summed E-state index contributed by atoms with van der Waals surface area (Å²) in [4.78, 5) is 14.6. The highest BCUT2D eigenvalue weighted by Crippen LogP contribution is 2.24. The van der Waals surface area contributed by atoms with Crippen molar-refractivity contribution in [2.24, 2.45) is 5.92 Å². The van der Waals surface area contributed by atoms with E-state index in [1.165, 1.54) is 32.1 Å². The van der Waals surface area contributed by atoms with Gasteiger partial charge in [0, 0.05) is 12.6 Å². The number of carbonyl (C=O) groups is 1. The summed E-state index contributed by atoms with van der Waals surface area (Å²) in [6, 6.07) is 2.03. The number of rotatable bonds is 6. The van der Waals surface area contributed by atoms with Gasteiger partial charge in [0.1, 0.15) is 6.26 Å². The lowest BCUT2D eigenvalue weighted by Crippen LogP contribution is -2.34. The third-order valence-corrected chi connectivity index (χ3v) is 4.62. The summed E-state index contributed by atoms with van der Waals surface area (Å²) < 4.78 is 4.97. The molecule has 0 saturated heterocycles. The second-order valence-corrected chi connectivity index (χ2v) is 6.04. The second kappa shape index (κ2) is 8.23. The Morgan fingerprint density at radius 2 is 2.10 bits per heavy atom. The van der Waals surface area contributed by atoms with Crippen molar-refractivity contribution in [2.45, 2.75) is 52.0 Å². The Morgan fingerprint density at radius 3 is 2.76 bits per heavy atom. The van der Waals surface area contributed by atoms with Crippen LogP contribution in [0.25, 0.3) is 0 Å². The van der Waals surface area contributed by atoms with Gasteiger partial charge in [0.05, 0.1) is 11.8 Å². The van der Waals surface area contributed by atoms with E-state index < -0.39 is 0 Å². The molecule has 4 heteroatoms. The molecule has 21 heavy (non-hydrogen) atoms. The summed E-state index contributed by atoms with van der Waals surface area (Å²) in [5.41, 5.74) is 0.624. The minimum Gasteiger partial charge on any atom is -0.472 e. The fourth-order valence-corrected chi connectivity index (χ4v) is 3.21. The molecule has 1 N–H and O–H groups in total. The van der Waals surface area contributed by atoms with Gasteiger partial charge in [-0.15, -0.1) is 0 Å². The van der Waals surface area contributed by atoms with Crippen LogP contribution in [0.3, 0.4) is 0 Å². The zero-order valence-corrected chi connectivity index (χ0v) is 13.3. The quantitative estimate of drug-likeness (QED) is 0.818. The summed E-state index contributed by atoms with van der Waals surface area (Å²) in [6.07, 6.45) is 8.95. The second-order valence-electron chi connectivity index (χ2n) is 6.04. The molecule has 0 aromatic carbocycles. The zero-order chi connectivity index (χ0) is 15.1. The van der Waals surface area contributed by atoms with E-state index in [1.807, 2.05) is 0 Å². The Labute approximate surface area is 127 Å². The van der Waals surface area contributed by atoms with Gasteiger partial charge in [0.2, 0.25) is 0 Å². The minimum atomic E-state index is -0.00376. The largest absolute Gasteiger partial charge is 0.472 e. The average Bonchev–Trinajstić information content (AvgIpc) is 2.95. The third kappa shape index (κ3) is 4.88. The smallest absolute Gasteiger partial charge is 0.254 e. The minimum absolute atomic E-state index is 0.00376. The maximum absolute atomic E-state index is 12.1. The standard InChI is InChI=1S/C17H28N2O2/c1-3-19(4-2)12-14-6-5-7-16(9-8-14)18-17(20)15-10-11-21-13-15/h10-11,13-14,16H,3-9,12H2,1-2H3,(H,18,20). The first kappa shape index (κ1) is 16.1. The SMILES string of the molecule is CCN(CC)CC1CCCC(NC(=O)c2ccoc2)CC1. The van der Waals surface area contributed by atoms with Gasteiger partial charge in [-0.05, 0) is 50.8 Å². The summed E-state index contributed by atoms with van der Waals surface area (Å²) in [5, 5.41) is 3.15. The lowest BCUT2D eigenvalue weighted by molar-refractivity contribution is 0.0932. The van der Waals surface area contributed by atoms with E-state index in [0.29, 0.717) is 11.6 Å². The molecule has 1 aliphatic carbocycles. The lowest BCUT2D eigenvalue weighted by Gasteiger charge is -2.24. The van der Waals surface area contributed by atoms with Crippen LogP contribution in [0.4, 0.5) is 0 Å². The van der Waals surface area contributed by atoms with Crippen LogP contribution >= 0.6 is 0 Å². The summed E-state index contributed by atoms with van der Waals surface area (Å²) in [5.74, 6) is 0.775. The number of hydrogen-bond donors (Lipinski definition) is 1. The molecule has 1 amide bonds. The molecule has 0 bridgehead atoms. The highest BCUT2D eigenvalue weighted by atomic mass is 16.3. The first-order valence-electron chi connectivity index (χ1n) is 8.28. The van der Waals surface area contributed by atoms with Crippen molar-refractivity contribution in [3.63, 3.8) is 0 Å². The lowest BCUT2D eigenvalue weighted by atomic mass is 9.99. The Hall–Kier alpha value is -1.29. The summed E-state index contributed by atoms with van der Waals surface area (Å²) in [6.45, 7) is 7.93. The number of hydrogen-bond acceptors (Lipinski definition) is 3. The first-order valence-corrected chi connectivity index (χ1v) is 8.28. The van der Waals surface area contributed by atoms with Crippen LogP contribution < -0.4 is 5.32 Å². The molecular weight excluding hydrogens is 264 g/mol. The number of amides is 1. The topological polar surface area (TPSA) is 45.5 Å². The van der Waals surface area contributed by atoms with Crippen molar-refractivity contribution in [2.75, 3.05) is 19.6 Å². The van der Waals surface area contributed by atoms with E-state index in [2.05, 4.69) is 24.1 Å². The van der Waals surface area contributed by atoms with Crippen molar-refractivity contribution in [1.29, 1.82) is 0 Å². The number of nitrogens with one attached hydrogen (secondary N) is 1.